The van der Waals surface area contributed by atoms with Crippen molar-refractivity contribution in [3.63, 3.8) is 0 Å². The van der Waals surface area contributed by atoms with Crippen LogP contribution in [0, 0.1) is 0 Å². The van der Waals surface area contributed by atoms with Gasteiger partial charge in [0.2, 0.25) is 5.78 Å². The Kier molecular flexibility index (Phi) is 3.98. The van der Waals surface area contributed by atoms with Crippen molar-refractivity contribution < 1.29 is 14.3 Å². The summed E-state index contributed by atoms with van der Waals surface area (Å²) in [6.07, 6.45) is 2.29. The Morgan fingerprint density at radius 1 is 1.36 bits per heavy atom. The summed E-state index contributed by atoms with van der Waals surface area (Å²) in [7, 11) is 0. The monoisotopic (exact) mass is 359 g/mol. The van der Waals surface area contributed by atoms with Crippen LogP contribution in [0.2, 0.25) is 0 Å². The van der Waals surface area contributed by atoms with Crippen molar-refractivity contribution in [3.05, 3.63) is 63.4 Å². The van der Waals surface area contributed by atoms with Crippen molar-refractivity contribution in [1.29, 1.82) is 0 Å². The molecule has 0 bridgehead atoms. The van der Waals surface area contributed by atoms with E-state index in [1.165, 1.54) is 0 Å². The molecule has 0 fully saturated rings. The maximum atomic E-state index is 12.8. The zero-order valence-corrected chi connectivity index (χ0v) is 13.6. The lowest BCUT2D eigenvalue weighted by molar-refractivity contribution is -0.138. The Morgan fingerprint density at radius 2 is 2.18 bits per heavy atom. The number of aromatic nitrogens is 1. The molecule has 4 nitrogen and oxygen atoms in total. The number of allylic oxidation sites excluding steroid dienone is 1. The fourth-order valence-electron chi connectivity index (χ4n) is 2.63. The highest BCUT2D eigenvalue weighted by molar-refractivity contribution is 9.10. The second-order valence-electron chi connectivity index (χ2n) is 4.97. The van der Waals surface area contributed by atoms with E-state index in [9.17, 15) is 9.59 Å². The van der Waals surface area contributed by atoms with Crippen LogP contribution >= 0.6 is 15.9 Å². The molecule has 0 radical (unpaired) electrons. The third kappa shape index (κ3) is 2.52. The van der Waals surface area contributed by atoms with Gasteiger partial charge in [0.05, 0.1) is 6.61 Å². The number of Topliss-reactive ketones (excluding diaryl/α,β-unsaturated/α-hetero) is 1. The van der Waals surface area contributed by atoms with Gasteiger partial charge in [0, 0.05) is 28.3 Å². The zero-order chi connectivity index (χ0) is 15.7. The van der Waals surface area contributed by atoms with Gasteiger partial charge in [-0.05, 0) is 42.3 Å². The van der Waals surface area contributed by atoms with Crippen molar-refractivity contribution in [2.24, 2.45) is 0 Å². The first-order valence-corrected chi connectivity index (χ1v) is 7.78. The lowest BCUT2D eigenvalue weighted by Crippen LogP contribution is -2.23. The first-order chi connectivity index (χ1) is 10.6. The van der Waals surface area contributed by atoms with E-state index in [0.29, 0.717) is 17.6 Å². The fraction of sp³-hybridized carbons (Fsp3) is 0.176. The lowest BCUT2D eigenvalue weighted by Gasteiger charge is -2.21. The topological polar surface area (TPSA) is 59.2 Å². The largest absolute Gasteiger partial charge is 0.462 e. The molecule has 1 aliphatic carbocycles. The summed E-state index contributed by atoms with van der Waals surface area (Å²) in [5.41, 5.74) is 3.03. The van der Waals surface area contributed by atoms with Gasteiger partial charge in [0.1, 0.15) is 5.57 Å². The molecule has 1 heterocycles. The molecule has 5 heteroatoms. The maximum Gasteiger partial charge on any atom is 0.342 e. The van der Waals surface area contributed by atoms with Gasteiger partial charge in [0.25, 0.3) is 0 Å². The Bertz CT molecular complexity index is 775. The number of halogens is 1. The van der Waals surface area contributed by atoms with Crippen LogP contribution in [0.5, 0.6) is 0 Å². The highest BCUT2D eigenvalue weighted by atomic mass is 79.9. The summed E-state index contributed by atoms with van der Waals surface area (Å²) in [6, 6.07) is 9.25. The van der Waals surface area contributed by atoms with Crippen LogP contribution in [0.1, 0.15) is 28.5 Å². The summed E-state index contributed by atoms with van der Waals surface area (Å²) >= 11 is 3.37. The van der Waals surface area contributed by atoms with Crippen molar-refractivity contribution >= 4 is 33.3 Å². The van der Waals surface area contributed by atoms with Crippen LogP contribution in [0.4, 0.5) is 0 Å². The van der Waals surface area contributed by atoms with E-state index in [1.807, 2.05) is 24.3 Å². The average Bonchev–Trinajstić information content (AvgIpc) is 3.02. The number of H-pyrrole nitrogens is 1. The smallest absolute Gasteiger partial charge is 0.342 e. The highest BCUT2D eigenvalue weighted by Gasteiger charge is 2.32. The van der Waals surface area contributed by atoms with E-state index in [4.69, 9.17) is 4.74 Å². The lowest BCUT2D eigenvalue weighted by atomic mass is 9.83. The molecular weight excluding hydrogens is 346 g/mol. The van der Waals surface area contributed by atoms with Gasteiger partial charge in [-0.1, -0.05) is 22.0 Å². The number of carbonyl (C=O) groups is 2. The van der Waals surface area contributed by atoms with Gasteiger partial charge < -0.3 is 9.72 Å². The zero-order valence-electron chi connectivity index (χ0n) is 12.0. The second kappa shape index (κ2) is 5.93. The number of nitrogens with one attached hydrogen (secondary N) is 1. The molecule has 112 valence electrons. The summed E-state index contributed by atoms with van der Waals surface area (Å²) < 4.78 is 5.89. The summed E-state index contributed by atoms with van der Waals surface area (Å²) in [5, 5.41) is 0. The van der Waals surface area contributed by atoms with Crippen LogP contribution in [-0.2, 0) is 16.0 Å². The number of hydrogen-bond acceptors (Lipinski definition) is 3. The number of benzene rings is 1. The molecule has 1 aliphatic rings. The van der Waals surface area contributed by atoms with E-state index >= 15 is 0 Å². The quantitative estimate of drug-likeness (QED) is 0.673. The molecule has 1 N–H and O–H groups in total. The second-order valence-corrected chi connectivity index (χ2v) is 5.88. The third-order valence-electron chi connectivity index (χ3n) is 3.62. The van der Waals surface area contributed by atoms with Crippen LogP contribution < -0.4 is 0 Å². The Balaban J connectivity index is 2.17. The molecule has 0 amide bonds. The SMILES string of the molecule is CCOC(=O)C1=C(c2ccc[nH]2)Cc2ccc(Br)cc2C1=O. The van der Waals surface area contributed by atoms with E-state index in [1.54, 1.807) is 19.2 Å². The van der Waals surface area contributed by atoms with Crippen LogP contribution in [0.25, 0.3) is 5.57 Å². The molecule has 0 unspecified atom stereocenters. The Hall–Kier alpha value is -2.14. The Labute approximate surface area is 136 Å². The summed E-state index contributed by atoms with van der Waals surface area (Å²) in [5.74, 6) is -0.853. The summed E-state index contributed by atoms with van der Waals surface area (Å²) in [4.78, 5) is 28.1. The number of fused-ring (bicyclic) bond motifs is 1. The minimum Gasteiger partial charge on any atom is -0.462 e. The van der Waals surface area contributed by atoms with Gasteiger partial charge in [-0.25, -0.2) is 4.79 Å². The van der Waals surface area contributed by atoms with E-state index < -0.39 is 5.97 Å². The number of hydrogen-bond donors (Lipinski definition) is 1. The number of ether oxygens (including phenoxy) is 1. The molecule has 0 spiro atoms. The van der Waals surface area contributed by atoms with Crippen LogP contribution in [-0.4, -0.2) is 23.3 Å². The van der Waals surface area contributed by atoms with Crippen molar-refractivity contribution in [3.8, 4) is 0 Å². The first kappa shape index (κ1) is 14.8. The van der Waals surface area contributed by atoms with Gasteiger partial charge in [-0.2, -0.15) is 0 Å². The molecule has 0 saturated heterocycles. The maximum absolute atomic E-state index is 12.8. The number of rotatable bonds is 3. The van der Waals surface area contributed by atoms with Crippen LogP contribution in [0.15, 0.2) is 46.6 Å². The number of ketones is 1. The van der Waals surface area contributed by atoms with Gasteiger partial charge >= 0.3 is 5.97 Å². The fourth-order valence-corrected chi connectivity index (χ4v) is 2.99. The average molecular weight is 360 g/mol. The number of carbonyl (C=O) groups excluding carboxylic acids is 2. The van der Waals surface area contributed by atoms with Gasteiger partial charge in [0.15, 0.2) is 0 Å². The summed E-state index contributed by atoms with van der Waals surface area (Å²) in [6.45, 7) is 1.96. The van der Waals surface area contributed by atoms with E-state index in [2.05, 4.69) is 20.9 Å². The molecule has 0 aliphatic heterocycles. The molecule has 2 aromatic rings. The molecule has 1 aromatic carbocycles. The van der Waals surface area contributed by atoms with Crippen molar-refractivity contribution in [1.82, 2.24) is 4.98 Å². The molecule has 1 aromatic heterocycles. The van der Waals surface area contributed by atoms with Crippen LogP contribution in [0.3, 0.4) is 0 Å². The van der Waals surface area contributed by atoms with Gasteiger partial charge in [-0.3, -0.25) is 4.79 Å². The molecule has 0 saturated carbocycles. The third-order valence-corrected chi connectivity index (χ3v) is 4.11. The standard InChI is InChI=1S/C17H14BrNO3/c1-2-22-17(21)15-13(14-4-3-7-19-14)8-10-5-6-11(18)9-12(10)16(15)20/h3-7,9,19H,2,8H2,1H3. The first-order valence-electron chi connectivity index (χ1n) is 6.99. The minimum atomic E-state index is -0.567. The molecule has 22 heavy (non-hydrogen) atoms. The number of esters is 1. The van der Waals surface area contributed by atoms with Crippen molar-refractivity contribution in [2.45, 2.75) is 13.3 Å². The normalized spacial score (nSPS) is 14.0. The molecule has 0 atom stereocenters. The van der Waals surface area contributed by atoms with E-state index in [0.717, 1.165) is 15.7 Å². The Morgan fingerprint density at radius 3 is 2.86 bits per heavy atom. The van der Waals surface area contributed by atoms with E-state index in [-0.39, 0.29) is 18.0 Å². The predicted octanol–water partition coefficient (Wildman–Crippen LogP) is 3.53. The molecular formula is C17H14BrNO3. The highest BCUT2D eigenvalue weighted by Crippen LogP contribution is 2.33. The molecule has 3 rings (SSSR count). The van der Waals surface area contributed by atoms with Gasteiger partial charge in [-0.15, -0.1) is 0 Å². The van der Waals surface area contributed by atoms with Crippen molar-refractivity contribution in [2.75, 3.05) is 6.61 Å². The predicted molar refractivity (Wildman–Crippen MR) is 86.5 cm³/mol. The number of aromatic amines is 1. The minimum absolute atomic E-state index is 0.120.